The van der Waals surface area contributed by atoms with Gasteiger partial charge in [-0.25, -0.2) is 4.99 Å². The highest BCUT2D eigenvalue weighted by molar-refractivity contribution is 14.0. The van der Waals surface area contributed by atoms with Gasteiger partial charge in [0.15, 0.2) is 11.8 Å². The molecule has 1 aromatic heterocycles. The van der Waals surface area contributed by atoms with Crippen LogP contribution in [0.4, 0.5) is 0 Å². The van der Waals surface area contributed by atoms with Crippen molar-refractivity contribution in [1.82, 2.24) is 20.8 Å². The van der Waals surface area contributed by atoms with Crippen LogP contribution in [-0.4, -0.2) is 29.2 Å². The van der Waals surface area contributed by atoms with Crippen LogP contribution in [0.1, 0.15) is 29.8 Å². The van der Waals surface area contributed by atoms with Crippen LogP contribution in [0.5, 0.6) is 0 Å². The lowest BCUT2D eigenvalue weighted by Crippen LogP contribution is -2.38. The molecule has 0 saturated carbocycles. The van der Waals surface area contributed by atoms with Crippen LogP contribution >= 0.6 is 24.0 Å². The first-order valence-corrected chi connectivity index (χ1v) is 7.55. The first-order valence-electron chi connectivity index (χ1n) is 7.55. The molecule has 1 aromatic carbocycles. The molecule has 126 valence electrons. The number of rotatable bonds is 6. The van der Waals surface area contributed by atoms with Gasteiger partial charge in [0.2, 0.25) is 5.89 Å². The number of nitrogens with one attached hydrogen (secondary N) is 2. The van der Waals surface area contributed by atoms with Gasteiger partial charge in [-0.1, -0.05) is 29.4 Å². The third-order valence-electron chi connectivity index (χ3n) is 3.21. The predicted molar refractivity (Wildman–Crippen MR) is 102 cm³/mol. The molecule has 2 N–H and O–H groups in total. The summed E-state index contributed by atoms with van der Waals surface area (Å²) in [5, 5.41) is 10.3. The number of halogens is 1. The minimum absolute atomic E-state index is 0. The molecule has 0 atom stereocenters. The zero-order valence-electron chi connectivity index (χ0n) is 13.8. The first kappa shape index (κ1) is 19.4. The van der Waals surface area contributed by atoms with Gasteiger partial charge in [-0.3, -0.25) is 0 Å². The fourth-order valence-corrected chi connectivity index (χ4v) is 2.02. The van der Waals surface area contributed by atoms with E-state index >= 15 is 0 Å². The number of guanidine groups is 1. The molecule has 0 fully saturated rings. The van der Waals surface area contributed by atoms with Crippen LogP contribution in [0, 0.1) is 13.8 Å². The second-order valence-electron chi connectivity index (χ2n) is 5.03. The van der Waals surface area contributed by atoms with Crippen LogP contribution in [0.25, 0.3) is 0 Å². The average molecular weight is 429 g/mol. The highest BCUT2D eigenvalue weighted by atomic mass is 127. The van der Waals surface area contributed by atoms with E-state index in [-0.39, 0.29) is 24.0 Å². The van der Waals surface area contributed by atoms with E-state index in [0.717, 1.165) is 12.5 Å². The highest BCUT2D eigenvalue weighted by Crippen LogP contribution is 2.07. The Morgan fingerprint density at radius 1 is 1.22 bits per heavy atom. The van der Waals surface area contributed by atoms with Gasteiger partial charge >= 0.3 is 0 Å². The fourth-order valence-electron chi connectivity index (χ4n) is 2.02. The summed E-state index contributed by atoms with van der Waals surface area (Å²) in [6, 6.07) is 8.28. The maximum Gasteiger partial charge on any atom is 0.228 e. The zero-order valence-corrected chi connectivity index (χ0v) is 16.1. The Kier molecular flexibility index (Phi) is 8.60. The molecule has 0 bridgehead atoms. The van der Waals surface area contributed by atoms with Gasteiger partial charge in [-0.2, -0.15) is 4.98 Å². The van der Waals surface area contributed by atoms with E-state index < -0.39 is 0 Å². The van der Waals surface area contributed by atoms with Gasteiger partial charge in [0.25, 0.3) is 0 Å². The number of hydrogen-bond acceptors (Lipinski definition) is 4. The minimum Gasteiger partial charge on any atom is -0.357 e. The summed E-state index contributed by atoms with van der Waals surface area (Å²) in [4.78, 5) is 8.79. The Morgan fingerprint density at radius 3 is 2.65 bits per heavy atom. The molecule has 0 aliphatic carbocycles. The summed E-state index contributed by atoms with van der Waals surface area (Å²) in [7, 11) is 0. The molecule has 0 aliphatic heterocycles. The Morgan fingerprint density at radius 2 is 2.00 bits per heavy atom. The molecule has 2 rings (SSSR count). The second kappa shape index (κ2) is 10.2. The normalized spacial score (nSPS) is 11.0. The van der Waals surface area contributed by atoms with Crippen molar-refractivity contribution in [1.29, 1.82) is 0 Å². The van der Waals surface area contributed by atoms with Crippen LogP contribution in [0.2, 0.25) is 0 Å². The van der Waals surface area contributed by atoms with Crippen molar-refractivity contribution in [3.8, 4) is 0 Å². The highest BCUT2D eigenvalue weighted by Gasteiger charge is 2.03. The summed E-state index contributed by atoms with van der Waals surface area (Å²) in [6.45, 7) is 8.13. The number of benzene rings is 1. The van der Waals surface area contributed by atoms with E-state index in [0.29, 0.717) is 31.2 Å². The Hall–Kier alpha value is -1.64. The smallest absolute Gasteiger partial charge is 0.228 e. The standard InChI is InChI=1S/C16H23N5O.HI/c1-4-17-16(18-10-9-15-20-13(3)21-22-15)19-11-14-8-6-5-7-12(14)2;/h5-8H,4,9-11H2,1-3H3,(H2,17,18,19);1H. The molecule has 0 unspecified atom stereocenters. The Bertz CT molecular complexity index is 626. The molecular weight excluding hydrogens is 405 g/mol. The third kappa shape index (κ3) is 6.55. The molecule has 23 heavy (non-hydrogen) atoms. The topological polar surface area (TPSA) is 75.3 Å². The van der Waals surface area contributed by atoms with Gasteiger partial charge in [-0.15, -0.1) is 24.0 Å². The molecule has 0 radical (unpaired) electrons. The number of aryl methyl sites for hydroxylation is 2. The second-order valence-corrected chi connectivity index (χ2v) is 5.03. The largest absolute Gasteiger partial charge is 0.357 e. The van der Waals surface area contributed by atoms with Crippen molar-refractivity contribution in [2.45, 2.75) is 33.7 Å². The van der Waals surface area contributed by atoms with Crippen molar-refractivity contribution in [3.05, 3.63) is 47.1 Å². The lowest BCUT2D eigenvalue weighted by molar-refractivity contribution is 0.374. The molecule has 7 heteroatoms. The van der Waals surface area contributed by atoms with Crippen molar-refractivity contribution in [2.75, 3.05) is 13.1 Å². The number of aromatic nitrogens is 2. The quantitative estimate of drug-likeness (QED) is 0.420. The monoisotopic (exact) mass is 429 g/mol. The predicted octanol–water partition coefficient (Wildman–Crippen LogP) is 2.60. The number of nitrogens with zero attached hydrogens (tertiary/aromatic N) is 3. The Balaban J connectivity index is 0.00000264. The summed E-state index contributed by atoms with van der Waals surface area (Å²) >= 11 is 0. The average Bonchev–Trinajstić information content (AvgIpc) is 2.92. The van der Waals surface area contributed by atoms with Crippen molar-refractivity contribution in [3.63, 3.8) is 0 Å². The molecule has 6 nitrogen and oxygen atoms in total. The summed E-state index contributed by atoms with van der Waals surface area (Å²) in [6.07, 6.45) is 0.676. The van der Waals surface area contributed by atoms with E-state index in [1.54, 1.807) is 0 Å². The number of hydrogen-bond donors (Lipinski definition) is 2. The van der Waals surface area contributed by atoms with Gasteiger partial charge in [0, 0.05) is 19.5 Å². The minimum atomic E-state index is 0. The van der Waals surface area contributed by atoms with Crippen LogP contribution < -0.4 is 10.6 Å². The van der Waals surface area contributed by atoms with Crippen LogP contribution in [0.3, 0.4) is 0 Å². The molecule has 0 spiro atoms. The first-order chi connectivity index (χ1) is 10.7. The van der Waals surface area contributed by atoms with Crippen LogP contribution in [-0.2, 0) is 13.0 Å². The van der Waals surface area contributed by atoms with E-state index in [1.165, 1.54) is 11.1 Å². The molecule has 0 amide bonds. The molecule has 2 aromatic rings. The zero-order chi connectivity index (χ0) is 15.8. The maximum absolute atomic E-state index is 5.09. The SMILES string of the molecule is CCNC(=NCc1ccccc1C)NCCc1nc(C)no1.I. The molecule has 1 heterocycles. The Labute approximate surface area is 154 Å². The van der Waals surface area contributed by atoms with E-state index in [2.05, 4.69) is 44.8 Å². The third-order valence-corrected chi connectivity index (χ3v) is 3.21. The van der Waals surface area contributed by atoms with Crippen molar-refractivity contribution in [2.24, 2.45) is 4.99 Å². The molecular formula is C16H24IN5O. The van der Waals surface area contributed by atoms with Gasteiger partial charge in [0.1, 0.15) is 0 Å². The van der Waals surface area contributed by atoms with E-state index in [9.17, 15) is 0 Å². The van der Waals surface area contributed by atoms with E-state index in [1.807, 2.05) is 26.0 Å². The lowest BCUT2D eigenvalue weighted by Gasteiger charge is -2.11. The summed E-state index contributed by atoms with van der Waals surface area (Å²) < 4.78 is 5.09. The van der Waals surface area contributed by atoms with Gasteiger partial charge in [-0.05, 0) is 31.9 Å². The summed E-state index contributed by atoms with van der Waals surface area (Å²) in [5.41, 5.74) is 2.48. The van der Waals surface area contributed by atoms with Gasteiger partial charge in [0.05, 0.1) is 6.54 Å². The fraction of sp³-hybridized carbons (Fsp3) is 0.438. The molecule has 0 saturated heterocycles. The lowest BCUT2D eigenvalue weighted by atomic mass is 10.1. The van der Waals surface area contributed by atoms with Crippen molar-refractivity contribution >= 4 is 29.9 Å². The summed E-state index contributed by atoms with van der Waals surface area (Å²) in [5.74, 6) is 2.09. The maximum atomic E-state index is 5.09. The van der Waals surface area contributed by atoms with Crippen LogP contribution in [0.15, 0.2) is 33.8 Å². The molecule has 0 aliphatic rings. The number of aliphatic imine (C=N–C) groups is 1. The van der Waals surface area contributed by atoms with Crippen molar-refractivity contribution < 1.29 is 4.52 Å². The van der Waals surface area contributed by atoms with E-state index in [4.69, 9.17) is 4.52 Å². The van der Waals surface area contributed by atoms with Gasteiger partial charge < -0.3 is 15.2 Å².